The molecule has 0 unspecified atom stereocenters. The third kappa shape index (κ3) is 3.58. The topological polar surface area (TPSA) is 120 Å². The van der Waals surface area contributed by atoms with E-state index >= 15 is 0 Å². The summed E-state index contributed by atoms with van der Waals surface area (Å²) in [7, 11) is 1.58. The quantitative estimate of drug-likeness (QED) is 0.308. The monoisotopic (exact) mass is 402 g/mol. The van der Waals surface area contributed by atoms with E-state index in [1.807, 2.05) is 13.0 Å². The van der Waals surface area contributed by atoms with Gasteiger partial charge in [-0.25, -0.2) is 5.43 Å². The van der Waals surface area contributed by atoms with E-state index in [1.165, 1.54) is 12.3 Å². The number of amides is 1. The number of anilines is 1. The largest absolute Gasteiger partial charge is 0.497 e. The molecule has 2 heterocycles. The molecule has 0 spiro atoms. The number of carbonyl (C=O) groups is 1. The Hall–Kier alpha value is -4.20. The summed E-state index contributed by atoms with van der Waals surface area (Å²) in [5, 5.41) is 4.52. The predicted octanol–water partition coefficient (Wildman–Crippen LogP) is 3.00. The second-order valence-electron chi connectivity index (χ2n) is 6.68. The van der Waals surface area contributed by atoms with Crippen molar-refractivity contribution in [3.63, 3.8) is 0 Å². The molecule has 0 aliphatic carbocycles. The Balaban J connectivity index is 1.65. The van der Waals surface area contributed by atoms with Crippen molar-refractivity contribution in [2.45, 2.75) is 6.92 Å². The number of hydrogen-bond donors (Lipinski definition) is 2. The minimum absolute atomic E-state index is 0.0358. The number of benzene rings is 2. The second-order valence-corrected chi connectivity index (χ2v) is 6.68. The fraction of sp³-hybridized carbons (Fsp3) is 0.0909. The van der Waals surface area contributed by atoms with Crippen LogP contribution in [-0.4, -0.2) is 24.2 Å². The number of methoxy groups -OCH3 is 1. The van der Waals surface area contributed by atoms with Crippen LogP contribution < -0.4 is 21.3 Å². The van der Waals surface area contributed by atoms with Crippen LogP contribution in [0.3, 0.4) is 0 Å². The lowest BCUT2D eigenvalue weighted by Crippen LogP contribution is -2.20. The van der Waals surface area contributed by atoms with E-state index in [1.54, 1.807) is 43.5 Å². The Labute approximate surface area is 171 Å². The minimum Gasteiger partial charge on any atom is -0.497 e. The van der Waals surface area contributed by atoms with Crippen LogP contribution in [0, 0.1) is 6.92 Å². The molecule has 8 heteroatoms. The summed E-state index contributed by atoms with van der Waals surface area (Å²) in [6.45, 7) is 1.88. The molecule has 0 bridgehead atoms. The number of nitrogen functional groups attached to an aromatic ring is 1. The summed E-state index contributed by atoms with van der Waals surface area (Å²) >= 11 is 0. The minimum atomic E-state index is -0.588. The summed E-state index contributed by atoms with van der Waals surface area (Å²) in [5.74, 6) is 0.0670. The van der Waals surface area contributed by atoms with Crippen molar-refractivity contribution in [1.82, 2.24) is 10.4 Å². The van der Waals surface area contributed by atoms with E-state index in [-0.39, 0.29) is 27.9 Å². The third-order valence-corrected chi connectivity index (χ3v) is 4.59. The van der Waals surface area contributed by atoms with Gasteiger partial charge in [-0.2, -0.15) is 10.1 Å². The van der Waals surface area contributed by atoms with Crippen molar-refractivity contribution in [3.8, 4) is 5.75 Å². The third-order valence-electron chi connectivity index (χ3n) is 4.59. The van der Waals surface area contributed by atoms with Gasteiger partial charge in [0.05, 0.1) is 29.7 Å². The molecular weight excluding hydrogens is 384 g/mol. The average molecular weight is 402 g/mol. The van der Waals surface area contributed by atoms with Crippen LogP contribution in [0.5, 0.6) is 5.75 Å². The number of fused-ring (bicyclic) bond motifs is 2. The van der Waals surface area contributed by atoms with Gasteiger partial charge in [0.15, 0.2) is 0 Å². The number of aryl methyl sites for hydroxylation is 1. The van der Waals surface area contributed by atoms with Crippen LogP contribution >= 0.6 is 0 Å². The van der Waals surface area contributed by atoms with Gasteiger partial charge in [0, 0.05) is 0 Å². The van der Waals surface area contributed by atoms with E-state index in [0.717, 1.165) is 11.1 Å². The molecule has 8 nitrogen and oxygen atoms in total. The van der Waals surface area contributed by atoms with Crippen molar-refractivity contribution in [2.75, 3.05) is 12.8 Å². The highest BCUT2D eigenvalue weighted by atomic mass is 16.5. The molecule has 0 saturated carbocycles. The van der Waals surface area contributed by atoms with Gasteiger partial charge in [-0.15, -0.1) is 0 Å². The Morgan fingerprint density at radius 2 is 1.93 bits per heavy atom. The summed E-state index contributed by atoms with van der Waals surface area (Å²) in [6.07, 6.45) is 1.48. The standard InChI is InChI=1S/C22H18N4O4/c1-12-3-8-18-15(9-12)19(27)16-10-17(20(23)25-22(16)30-18)21(28)26-24-11-13-4-6-14(29-2)7-5-13/h3-11H,1-2H3,(H2,23,25)(H,26,28). The fourth-order valence-corrected chi connectivity index (χ4v) is 3.01. The zero-order valence-corrected chi connectivity index (χ0v) is 16.3. The van der Waals surface area contributed by atoms with E-state index in [4.69, 9.17) is 14.9 Å². The molecule has 0 aliphatic heterocycles. The van der Waals surface area contributed by atoms with Crippen LogP contribution in [0.2, 0.25) is 0 Å². The molecule has 2 aromatic heterocycles. The van der Waals surface area contributed by atoms with Crippen molar-refractivity contribution in [1.29, 1.82) is 0 Å². The Kier molecular flexibility index (Phi) is 4.89. The van der Waals surface area contributed by atoms with Crippen LogP contribution in [0.15, 0.2) is 62.8 Å². The van der Waals surface area contributed by atoms with Crippen LogP contribution in [0.1, 0.15) is 21.5 Å². The molecule has 150 valence electrons. The normalized spacial score (nSPS) is 11.3. The van der Waals surface area contributed by atoms with Crippen LogP contribution in [-0.2, 0) is 0 Å². The number of hydrogen-bond acceptors (Lipinski definition) is 7. The molecule has 0 saturated heterocycles. The first kappa shape index (κ1) is 19.1. The molecule has 4 aromatic rings. The number of nitrogens with zero attached hydrogens (tertiary/aromatic N) is 2. The Morgan fingerprint density at radius 3 is 2.67 bits per heavy atom. The molecule has 0 radical (unpaired) electrons. The maximum absolute atomic E-state index is 12.9. The zero-order chi connectivity index (χ0) is 21.3. The fourth-order valence-electron chi connectivity index (χ4n) is 3.01. The summed E-state index contributed by atoms with van der Waals surface area (Å²) in [6, 6.07) is 13.8. The van der Waals surface area contributed by atoms with E-state index in [0.29, 0.717) is 16.7 Å². The lowest BCUT2D eigenvalue weighted by atomic mass is 10.1. The lowest BCUT2D eigenvalue weighted by molar-refractivity contribution is 0.0956. The van der Waals surface area contributed by atoms with Gasteiger partial charge in [-0.3, -0.25) is 9.59 Å². The Bertz CT molecular complexity index is 1360. The summed E-state index contributed by atoms with van der Waals surface area (Å²) in [5.41, 5.74) is 10.2. The number of hydrazone groups is 1. The second kappa shape index (κ2) is 7.67. The van der Waals surface area contributed by atoms with E-state index in [9.17, 15) is 9.59 Å². The maximum atomic E-state index is 12.9. The number of rotatable bonds is 4. The highest BCUT2D eigenvalue weighted by Gasteiger charge is 2.16. The molecule has 30 heavy (non-hydrogen) atoms. The molecule has 2 aromatic carbocycles. The van der Waals surface area contributed by atoms with E-state index < -0.39 is 5.91 Å². The molecule has 0 fully saturated rings. The molecule has 0 aliphatic rings. The zero-order valence-electron chi connectivity index (χ0n) is 16.3. The van der Waals surface area contributed by atoms with Gasteiger partial charge in [-0.05, 0) is 55.0 Å². The van der Waals surface area contributed by atoms with Crippen LogP contribution in [0.4, 0.5) is 5.82 Å². The maximum Gasteiger partial charge on any atom is 0.275 e. The number of pyridine rings is 1. The van der Waals surface area contributed by atoms with E-state index in [2.05, 4.69) is 15.5 Å². The number of nitrogens with two attached hydrogens (primary N) is 1. The molecule has 1 amide bonds. The Morgan fingerprint density at radius 1 is 1.17 bits per heavy atom. The molecule has 4 rings (SSSR count). The first-order valence-electron chi connectivity index (χ1n) is 9.07. The van der Waals surface area contributed by atoms with Crippen LogP contribution in [0.25, 0.3) is 22.1 Å². The van der Waals surface area contributed by atoms with Crippen molar-refractivity contribution in [2.24, 2.45) is 5.10 Å². The smallest absolute Gasteiger partial charge is 0.275 e. The van der Waals surface area contributed by atoms with Gasteiger partial charge < -0.3 is 14.9 Å². The molecule has 0 atom stereocenters. The number of aromatic nitrogens is 1. The first-order chi connectivity index (χ1) is 14.5. The SMILES string of the molecule is COc1ccc(C=NNC(=O)c2cc3c(=O)c4cc(C)ccc4oc3nc2N)cc1. The first-order valence-corrected chi connectivity index (χ1v) is 9.07. The summed E-state index contributed by atoms with van der Waals surface area (Å²) < 4.78 is 10.8. The lowest BCUT2D eigenvalue weighted by Gasteiger charge is -2.06. The van der Waals surface area contributed by atoms with Gasteiger partial charge in [0.2, 0.25) is 11.1 Å². The van der Waals surface area contributed by atoms with Gasteiger partial charge in [0.25, 0.3) is 5.91 Å². The van der Waals surface area contributed by atoms with Gasteiger partial charge in [0.1, 0.15) is 17.2 Å². The van der Waals surface area contributed by atoms with Crippen molar-refractivity contribution >= 4 is 40.0 Å². The van der Waals surface area contributed by atoms with Gasteiger partial charge in [-0.1, -0.05) is 11.6 Å². The van der Waals surface area contributed by atoms with Crippen molar-refractivity contribution in [3.05, 3.63) is 75.4 Å². The van der Waals surface area contributed by atoms with Gasteiger partial charge >= 0.3 is 0 Å². The number of nitrogens with one attached hydrogen (secondary N) is 1. The average Bonchev–Trinajstić information content (AvgIpc) is 2.74. The number of ether oxygens (including phenoxy) is 1. The highest BCUT2D eigenvalue weighted by molar-refractivity contribution is 6.02. The highest BCUT2D eigenvalue weighted by Crippen LogP contribution is 2.21. The predicted molar refractivity (Wildman–Crippen MR) is 115 cm³/mol. The summed E-state index contributed by atoms with van der Waals surface area (Å²) in [4.78, 5) is 29.5. The molecule has 3 N–H and O–H groups in total. The van der Waals surface area contributed by atoms with Crippen molar-refractivity contribution < 1.29 is 13.9 Å². The molecular formula is C22H18N4O4. The number of carbonyl (C=O) groups excluding carboxylic acids is 1.